The molecule has 0 aliphatic rings. The summed E-state index contributed by atoms with van der Waals surface area (Å²) in [4.78, 5) is 21.8. The third-order valence-corrected chi connectivity index (χ3v) is 7.43. The van der Waals surface area contributed by atoms with Crippen molar-refractivity contribution in [1.82, 2.24) is 14.5 Å². The van der Waals surface area contributed by atoms with E-state index in [4.69, 9.17) is 4.98 Å². The Balaban J connectivity index is 1.85. The molecule has 39 heavy (non-hydrogen) atoms. The zero-order valence-corrected chi connectivity index (χ0v) is 24.3. The predicted octanol–water partition coefficient (Wildman–Crippen LogP) is 7.82. The van der Waals surface area contributed by atoms with E-state index in [9.17, 15) is 4.79 Å². The van der Waals surface area contributed by atoms with Crippen LogP contribution in [0.15, 0.2) is 97.2 Å². The number of hydrogen-bond donors (Lipinski definition) is 0. The summed E-state index contributed by atoms with van der Waals surface area (Å²) < 4.78 is 2.28. The van der Waals surface area contributed by atoms with Crippen molar-refractivity contribution < 1.29 is 4.79 Å². The van der Waals surface area contributed by atoms with Crippen molar-refractivity contribution in [2.45, 2.75) is 46.6 Å². The molecule has 0 radical (unpaired) electrons. The monoisotopic (exact) mass is 521 g/mol. The molecule has 1 unspecified atom stereocenters. The quantitative estimate of drug-likeness (QED) is 0.178. The summed E-state index contributed by atoms with van der Waals surface area (Å²) in [5.74, 6) is 1.17. The number of carbonyl (C=O) groups is 1. The number of Topliss-reactive ketones (excluding diaryl/α,β-unsaturated/α-hetero) is 1. The Bertz CT molecular complexity index is 1320. The van der Waals surface area contributed by atoms with Gasteiger partial charge in [0, 0.05) is 42.2 Å². The fraction of sp³-hybridized carbons (Fsp3) is 0.371. The van der Waals surface area contributed by atoms with E-state index >= 15 is 0 Å². The Morgan fingerprint density at radius 3 is 2.00 bits per heavy atom. The second kappa shape index (κ2) is 12.6. The lowest BCUT2D eigenvalue weighted by atomic mass is 9.70. The highest BCUT2D eigenvalue weighted by Gasteiger charge is 2.39. The van der Waals surface area contributed by atoms with Gasteiger partial charge in [0.25, 0.3) is 0 Å². The van der Waals surface area contributed by atoms with Gasteiger partial charge in [0.15, 0.2) is 5.78 Å². The van der Waals surface area contributed by atoms with Gasteiger partial charge in [0.1, 0.15) is 5.82 Å². The number of imidazole rings is 1. The second-order valence-electron chi connectivity index (χ2n) is 12.2. The van der Waals surface area contributed by atoms with Crippen LogP contribution in [-0.2, 0) is 6.54 Å². The second-order valence-corrected chi connectivity index (χ2v) is 12.2. The maximum atomic E-state index is 14.3. The van der Waals surface area contributed by atoms with Crippen LogP contribution in [0.1, 0.15) is 61.8 Å². The number of benzene rings is 3. The van der Waals surface area contributed by atoms with Gasteiger partial charge in [-0.2, -0.15) is 0 Å². The summed E-state index contributed by atoms with van der Waals surface area (Å²) in [6.45, 7) is 10.6. The summed E-state index contributed by atoms with van der Waals surface area (Å²) >= 11 is 0. The van der Waals surface area contributed by atoms with Gasteiger partial charge < -0.3 is 9.47 Å². The van der Waals surface area contributed by atoms with Crippen molar-refractivity contribution in [1.29, 1.82) is 0 Å². The fourth-order valence-corrected chi connectivity index (χ4v) is 6.01. The molecule has 0 aliphatic carbocycles. The summed E-state index contributed by atoms with van der Waals surface area (Å²) in [6.07, 6.45) is 2.95. The molecule has 0 saturated heterocycles. The molecule has 0 bridgehead atoms. The van der Waals surface area contributed by atoms with Crippen LogP contribution in [0.3, 0.4) is 0 Å². The van der Waals surface area contributed by atoms with Crippen LogP contribution in [0.5, 0.6) is 0 Å². The molecule has 1 aromatic heterocycles. The molecule has 4 rings (SSSR count). The van der Waals surface area contributed by atoms with Gasteiger partial charge in [-0.3, -0.25) is 4.79 Å². The Hall–Kier alpha value is -3.50. The highest BCUT2D eigenvalue weighted by molar-refractivity contribution is 5.98. The molecule has 4 heteroatoms. The smallest absolute Gasteiger partial charge is 0.166 e. The molecule has 4 nitrogen and oxygen atoms in total. The van der Waals surface area contributed by atoms with Crippen molar-refractivity contribution in [3.8, 4) is 11.3 Å². The SMILES string of the molecule is CC(C)C(c1nc(-c2ccccc2)cn1Cc1ccccc1)[C@@H](CC(C)(C)CN(C)C)C(=O)c1ccccc1. The number of ketones is 1. The maximum absolute atomic E-state index is 14.3. The van der Waals surface area contributed by atoms with Crippen molar-refractivity contribution >= 4 is 5.78 Å². The highest BCUT2D eigenvalue weighted by Crippen LogP contribution is 2.41. The zero-order valence-electron chi connectivity index (χ0n) is 24.3. The summed E-state index contributed by atoms with van der Waals surface area (Å²) in [5, 5.41) is 0. The minimum Gasteiger partial charge on any atom is -0.330 e. The normalized spacial score (nSPS) is 13.5. The van der Waals surface area contributed by atoms with E-state index in [0.29, 0.717) is 6.54 Å². The first-order valence-corrected chi connectivity index (χ1v) is 14.0. The van der Waals surface area contributed by atoms with E-state index < -0.39 is 0 Å². The molecule has 4 aromatic rings. The van der Waals surface area contributed by atoms with Gasteiger partial charge in [0.05, 0.1) is 5.69 Å². The van der Waals surface area contributed by atoms with E-state index in [-0.39, 0.29) is 29.0 Å². The van der Waals surface area contributed by atoms with Crippen molar-refractivity contribution in [2.75, 3.05) is 20.6 Å². The first-order valence-electron chi connectivity index (χ1n) is 14.0. The van der Waals surface area contributed by atoms with E-state index in [1.807, 2.05) is 42.5 Å². The van der Waals surface area contributed by atoms with Gasteiger partial charge in [0.2, 0.25) is 0 Å². The standard InChI is InChI=1S/C35H43N3O/c1-26(2)32(30(22-35(3,4)25-37(5)6)33(39)29-20-14-9-15-21-29)34-36-31(28-18-12-8-13-19-28)24-38(34)23-27-16-10-7-11-17-27/h7-21,24,26,30,32H,22-23,25H2,1-6H3/t30-,32?/m1/s1. The first-order chi connectivity index (χ1) is 18.6. The lowest BCUT2D eigenvalue weighted by Gasteiger charge is -2.36. The van der Waals surface area contributed by atoms with Crippen LogP contribution >= 0.6 is 0 Å². The topological polar surface area (TPSA) is 38.1 Å². The Morgan fingerprint density at radius 1 is 0.872 bits per heavy atom. The molecule has 0 saturated carbocycles. The number of aromatic nitrogens is 2. The number of nitrogens with zero attached hydrogens (tertiary/aromatic N) is 3. The minimum atomic E-state index is -0.206. The molecule has 0 aliphatic heterocycles. The van der Waals surface area contributed by atoms with Crippen LogP contribution in [-0.4, -0.2) is 40.9 Å². The van der Waals surface area contributed by atoms with Crippen LogP contribution in [0, 0.1) is 17.3 Å². The van der Waals surface area contributed by atoms with Crippen LogP contribution < -0.4 is 0 Å². The molecule has 1 heterocycles. The van der Waals surface area contributed by atoms with Crippen LogP contribution in [0.4, 0.5) is 0 Å². The molecule has 0 spiro atoms. The Morgan fingerprint density at radius 2 is 1.44 bits per heavy atom. The van der Waals surface area contributed by atoms with Crippen molar-refractivity contribution in [2.24, 2.45) is 17.3 Å². The predicted molar refractivity (Wildman–Crippen MR) is 162 cm³/mol. The largest absolute Gasteiger partial charge is 0.330 e. The van der Waals surface area contributed by atoms with Crippen LogP contribution in [0.2, 0.25) is 0 Å². The van der Waals surface area contributed by atoms with E-state index in [2.05, 4.69) is 106 Å². The molecule has 204 valence electrons. The zero-order chi connectivity index (χ0) is 28.0. The summed E-state index contributed by atoms with van der Waals surface area (Å²) in [6, 6.07) is 30.7. The van der Waals surface area contributed by atoms with Crippen molar-refractivity contribution in [3.63, 3.8) is 0 Å². The summed E-state index contributed by atoms with van der Waals surface area (Å²) in [5.41, 5.74) is 3.98. The maximum Gasteiger partial charge on any atom is 0.166 e. The Kier molecular flexibility index (Phi) is 9.19. The number of carbonyl (C=O) groups excluding carboxylic acids is 1. The van der Waals surface area contributed by atoms with E-state index in [1.54, 1.807) is 0 Å². The van der Waals surface area contributed by atoms with Gasteiger partial charge in [-0.05, 0) is 37.4 Å². The highest BCUT2D eigenvalue weighted by atomic mass is 16.1. The molecule has 3 aromatic carbocycles. The summed E-state index contributed by atoms with van der Waals surface area (Å²) in [7, 11) is 4.21. The van der Waals surface area contributed by atoms with Gasteiger partial charge in [-0.15, -0.1) is 0 Å². The van der Waals surface area contributed by atoms with Crippen molar-refractivity contribution in [3.05, 3.63) is 114 Å². The molecule has 0 amide bonds. The van der Waals surface area contributed by atoms with Gasteiger partial charge in [-0.1, -0.05) is 119 Å². The minimum absolute atomic E-state index is 0.0414. The first kappa shape index (κ1) is 28.5. The van der Waals surface area contributed by atoms with Crippen LogP contribution in [0.25, 0.3) is 11.3 Å². The fourth-order valence-electron chi connectivity index (χ4n) is 6.01. The lowest BCUT2D eigenvalue weighted by Crippen LogP contribution is -2.36. The van der Waals surface area contributed by atoms with E-state index in [1.165, 1.54) is 5.56 Å². The molecular formula is C35H43N3O. The molecule has 0 N–H and O–H groups in total. The average Bonchev–Trinajstić information content (AvgIpc) is 3.31. The van der Waals surface area contributed by atoms with Gasteiger partial charge >= 0.3 is 0 Å². The third-order valence-electron chi connectivity index (χ3n) is 7.43. The molecular weight excluding hydrogens is 478 g/mol. The Labute approximate surface area is 234 Å². The number of rotatable bonds is 12. The van der Waals surface area contributed by atoms with Gasteiger partial charge in [-0.25, -0.2) is 4.98 Å². The third kappa shape index (κ3) is 7.33. The lowest BCUT2D eigenvalue weighted by molar-refractivity contribution is 0.0797. The number of hydrogen-bond acceptors (Lipinski definition) is 3. The molecule has 2 atom stereocenters. The molecule has 0 fully saturated rings. The average molecular weight is 522 g/mol. The van der Waals surface area contributed by atoms with E-state index in [0.717, 1.165) is 35.6 Å².